The molecule has 0 unspecified atom stereocenters. The average molecular weight is 380 g/mol. The largest absolute Gasteiger partial charge is 0.495 e. The number of rotatable bonds is 6. The average Bonchev–Trinajstić information content (AvgIpc) is 2.66. The van der Waals surface area contributed by atoms with Crippen LogP contribution in [0, 0.1) is 0 Å². The number of methoxy groups -OCH3 is 1. The summed E-state index contributed by atoms with van der Waals surface area (Å²) in [4.78, 5) is 24.6. The number of hydrogen-bond acceptors (Lipinski definition) is 4. The topological polar surface area (TPSA) is 67.4 Å². The molecule has 3 aromatic carbocycles. The Morgan fingerprint density at radius 2 is 1.74 bits per heavy atom. The maximum absolute atomic E-state index is 12.3. The Morgan fingerprint density at radius 1 is 0.963 bits per heavy atom. The monoisotopic (exact) mass is 380 g/mol. The fraction of sp³-hybridized carbons (Fsp3) is 0.143. The van der Waals surface area contributed by atoms with E-state index in [0.717, 1.165) is 10.3 Å². The van der Waals surface area contributed by atoms with Gasteiger partial charge in [-0.05, 0) is 41.1 Å². The van der Waals surface area contributed by atoms with Gasteiger partial charge in [0, 0.05) is 17.5 Å². The lowest BCUT2D eigenvalue weighted by Gasteiger charge is -2.12. The predicted octanol–water partition coefficient (Wildman–Crippen LogP) is 4.54. The number of thioether (sulfide) groups is 1. The molecule has 0 aliphatic carbocycles. The first-order valence-electron chi connectivity index (χ1n) is 8.42. The van der Waals surface area contributed by atoms with E-state index in [4.69, 9.17) is 4.74 Å². The first kappa shape index (κ1) is 18.8. The van der Waals surface area contributed by atoms with Gasteiger partial charge in [0.1, 0.15) is 5.75 Å². The Balaban J connectivity index is 1.63. The molecule has 0 aliphatic heterocycles. The molecule has 5 nitrogen and oxygen atoms in total. The Labute approximate surface area is 162 Å². The Morgan fingerprint density at radius 3 is 2.48 bits per heavy atom. The minimum absolute atomic E-state index is 0.118. The van der Waals surface area contributed by atoms with Crippen molar-refractivity contribution in [1.82, 2.24) is 0 Å². The van der Waals surface area contributed by atoms with Gasteiger partial charge >= 0.3 is 0 Å². The van der Waals surface area contributed by atoms with E-state index in [1.165, 1.54) is 31.2 Å². The quantitative estimate of drug-likeness (QED) is 0.616. The molecule has 3 rings (SSSR count). The van der Waals surface area contributed by atoms with Crippen LogP contribution in [0.1, 0.15) is 6.92 Å². The highest BCUT2D eigenvalue weighted by molar-refractivity contribution is 8.00. The van der Waals surface area contributed by atoms with Crippen LogP contribution in [0.25, 0.3) is 10.8 Å². The molecule has 0 bridgehead atoms. The molecular formula is C21H20N2O3S. The normalized spacial score (nSPS) is 10.4. The summed E-state index contributed by atoms with van der Waals surface area (Å²) >= 11 is 1.48. The highest BCUT2D eigenvalue weighted by Crippen LogP contribution is 2.28. The number of carbonyl (C=O) groups is 2. The summed E-state index contributed by atoms with van der Waals surface area (Å²) in [5.74, 6) is 0.504. The van der Waals surface area contributed by atoms with E-state index >= 15 is 0 Å². The Hall–Kier alpha value is -2.99. The van der Waals surface area contributed by atoms with Gasteiger partial charge in [-0.25, -0.2) is 0 Å². The molecule has 3 aromatic rings. The number of hydrogen-bond donors (Lipinski definition) is 2. The minimum Gasteiger partial charge on any atom is -0.495 e. The molecule has 6 heteroatoms. The molecule has 0 atom stereocenters. The van der Waals surface area contributed by atoms with Gasteiger partial charge in [-0.15, -0.1) is 11.8 Å². The summed E-state index contributed by atoms with van der Waals surface area (Å²) in [6, 6.07) is 19.4. The molecule has 0 aromatic heterocycles. The van der Waals surface area contributed by atoms with Gasteiger partial charge in [-0.1, -0.05) is 30.3 Å². The van der Waals surface area contributed by atoms with Crippen molar-refractivity contribution in [2.45, 2.75) is 11.8 Å². The van der Waals surface area contributed by atoms with Gasteiger partial charge in [0.05, 0.1) is 18.6 Å². The second-order valence-corrected chi connectivity index (χ2v) is 6.99. The smallest absolute Gasteiger partial charge is 0.234 e. The van der Waals surface area contributed by atoms with Crippen LogP contribution in [0.5, 0.6) is 5.75 Å². The van der Waals surface area contributed by atoms with Gasteiger partial charge in [0.2, 0.25) is 11.8 Å². The number of nitrogens with one attached hydrogen (secondary N) is 2. The SMILES string of the molecule is COc1ccc(NC(=O)CSc2ccc3ccccc3c2)cc1NC(C)=O. The van der Waals surface area contributed by atoms with E-state index in [1.54, 1.807) is 18.2 Å². The number of benzene rings is 3. The van der Waals surface area contributed by atoms with Crippen LogP contribution in [0.3, 0.4) is 0 Å². The van der Waals surface area contributed by atoms with Crippen LogP contribution in [0.4, 0.5) is 11.4 Å². The third-order valence-corrected chi connectivity index (χ3v) is 4.88. The summed E-state index contributed by atoms with van der Waals surface area (Å²) < 4.78 is 5.22. The van der Waals surface area contributed by atoms with Gasteiger partial charge in [0.15, 0.2) is 0 Å². The van der Waals surface area contributed by atoms with Crippen molar-refractivity contribution < 1.29 is 14.3 Å². The third-order valence-electron chi connectivity index (χ3n) is 3.88. The molecule has 0 spiro atoms. The van der Waals surface area contributed by atoms with Crippen LogP contribution < -0.4 is 15.4 Å². The Bertz CT molecular complexity index is 988. The Kier molecular flexibility index (Phi) is 5.98. The summed E-state index contributed by atoms with van der Waals surface area (Å²) in [5, 5.41) is 7.87. The van der Waals surface area contributed by atoms with Crippen LogP contribution in [-0.4, -0.2) is 24.7 Å². The van der Waals surface area contributed by atoms with Crippen molar-refractivity contribution in [3.63, 3.8) is 0 Å². The molecule has 0 saturated carbocycles. The highest BCUT2D eigenvalue weighted by atomic mass is 32.2. The van der Waals surface area contributed by atoms with Crippen molar-refractivity contribution >= 4 is 45.7 Å². The van der Waals surface area contributed by atoms with Crippen LogP contribution in [0.2, 0.25) is 0 Å². The summed E-state index contributed by atoms with van der Waals surface area (Å²) in [7, 11) is 1.53. The van der Waals surface area contributed by atoms with Crippen molar-refractivity contribution in [3.8, 4) is 5.75 Å². The fourth-order valence-electron chi connectivity index (χ4n) is 2.68. The van der Waals surface area contributed by atoms with E-state index < -0.39 is 0 Å². The third kappa shape index (κ3) is 5.01. The van der Waals surface area contributed by atoms with Crippen LogP contribution >= 0.6 is 11.8 Å². The molecule has 2 amide bonds. The summed E-state index contributed by atoms with van der Waals surface area (Å²) in [6.45, 7) is 1.42. The molecule has 138 valence electrons. The van der Waals surface area contributed by atoms with Crippen molar-refractivity contribution in [2.75, 3.05) is 23.5 Å². The molecule has 0 fully saturated rings. The van der Waals surface area contributed by atoms with Crippen LogP contribution in [0.15, 0.2) is 65.6 Å². The standard InChI is InChI=1S/C21H20N2O3S/c1-14(24)22-19-12-17(8-10-20(19)26-2)23-21(25)13-27-18-9-7-15-5-3-4-6-16(15)11-18/h3-12H,13H2,1-2H3,(H,22,24)(H,23,25). The van der Waals surface area contributed by atoms with E-state index in [-0.39, 0.29) is 11.8 Å². The second kappa shape index (κ2) is 8.60. The lowest BCUT2D eigenvalue weighted by molar-refractivity contribution is -0.114. The molecule has 0 saturated heterocycles. The van der Waals surface area contributed by atoms with Gasteiger partial charge in [-0.2, -0.15) is 0 Å². The van der Waals surface area contributed by atoms with Gasteiger partial charge in [-0.3, -0.25) is 9.59 Å². The first-order chi connectivity index (χ1) is 13.0. The highest BCUT2D eigenvalue weighted by Gasteiger charge is 2.09. The van der Waals surface area contributed by atoms with Crippen LogP contribution in [-0.2, 0) is 9.59 Å². The maximum atomic E-state index is 12.3. The predicted molar refractivity (Wildman–Crippen MR) is 111 cm³/mol. The lowest BCUT2D eigenvalue weighted by Crippen LogP contribution is -2.14. The summed E-state index contributed by atoms with van der Waals surface area (Å²) in [6.07, 6.45) is 0. The van der Waals surface area contributed by atoms with Gasteiger partial charge in [0.25, 0.3) is 0 Å². The lowest BCUT2D eigenvalue weighted by atomic mass is 10.1. The van der Waals surface area contributed by atoms with E-state index in [9.17, 15) is 9.59 Å². The van der Waals surface area contributed by atoms with Crippen molar-refractivity contribution in [3.05, 3.63) is 60.7 Å². The maximum Gasteiger partial charge on any atom is 0.234 e. The molecule has 0 heterocycles. The molecule has 0 radical (unpaired) electrons. The first-order valence-corrected chi connectivity index (χ1v) is 9.41. The fourth-order valence-corrected chi connectivity index (χ4v) is 3.42. The number of carbonyl (C=O) groups excluding carboxylic acids is 2. The van der Waals surface area contributed by atoms with E-state index in [0.29, 0.717) is 22.9 Å². The minimum atomic E-state index is -0.205. The second-order valence-electron chi connectivity index (χ2n) is 5.94. The number of amides is 2. The molecular weight excluding hydrogens is 360 g/mol. The number of anilines is 2. The van der Waals surface area contributed by atoms with Crippen molar-refractivity contribution in [2.24, 2.45) is 0 Å². The zero-order chi connectivity index (χ0) is 19.2. The van der Waals surface area contributed by atoms with Gasteiger partial charge < -0.3 is 15.4 Å². The van der Waals surface area contributed by atoms with E-state index in [1.807, 2.05) is 18.2 Å². The van der Waals surface area contributed by atoms with Crippen molar-refractivity contribution in [1.29, 1.82) is 0 Å². The molecule has 2 N–H and O–H groups in total. The summed E-state index contributed by atoms with van der Waals surface area (Å²) in [5.41, 5.74) is 1.12. The van der Waals surface area contributed by atoms with E-state index in [2.05, 4.69) is 34.9 Å². The number of ether oxygens (including phenoxy) is 1. The molecule has 0 aliphatic rings. The zero-order valence-electron chi connectivity index (χ0n) is 15.1. The number of fused-ring (bicyclic) bond motifs is 1. The zero-order valence-corrected chi connectivity index (χ0v) is 15.9. The molecule has 27 heavy (non-hydrogen) atoms.